The fourth-order valence-electron chi connectivity index (χ4n) is 2.06. The van der Waals surface area contributed by atoms with E-state index in [1.807, 2.05) is 24.3 Å². The van der Waals surface area contributed by atoms with Crippen LogP contribution in [-0.2, 0) is 0 Å². The molecule has 3 nitrogen and oxygen atoms in total. The van der Waals surface area contributed by atoms with Crippen LogP contribution in [0.3, 0.4) is 0 Å². The molecule has 0 aliphatic rings. The molecule has 3 rings (SSSR count). The highest BCUT2D eigenvalue weighted by molar-refractivity contribution is 5.74. The predicted molar refractivity (Wildman–Crippen MR) is 77.2 cm³/mol. The van der Waals surface area contributed by atoms with E-state index in [0.29, 0.717) is 6.01 Å². The second-order valence-electron chi connectivity index (χ2n) is 4.76. The van der Waals surface area contributed by atoms with Crippen LogP contribution in [0, 0.1) is 6.92 Å². The summed E-state index contributed by atoms with van der Waals surface area (Å²) in [6, 6.07) is 17.0. The van der Waals surface area contributed by atoms with Crippen LogP contribution in [0.2, 0.25) is 0 Å². The van der Waals surface area contributed by atoms with E-state index >= 15 is 0 Å². The lowest BCUT2D eigenvalue weighted by atomic mass is 10.1. The Bertz CT molecular complexity index is 652. The van der Waals surface area contributed by atoms with Gasteiger partial charge in [0.25, 0.3) is 6.01 Å². The monoisotopic (exact) mass is 252 g/mol. The lowest BCUT2D eigenvalue weighted by Crippen LogP contribution is -2.06. The Kier molecular flexibility index (Phi) is 2.95. The number of aryl methyl sites for hydroxylation is 1. The van der Waals surface area contributed by atoms with Crippen molar-refractivity contribution >= 4 is 17.1 Å². The molecule has 19 heavy (non-hydrogen) atoms. The highest BCUT2D eigenvalue weighted by atomic mass is 16.4. The second-order valence-corrected chi connectivity index (χ2v) is 4.76. The smallest absolute Gasteiger partial charge is 0.296 e. The minimum Gasteiger partial charge on any atom is -0.424 e. The van der Waals surface area contributed by atoms with Crippen LogP contribution in [0.4, 0.5) is 6.01 Å². The van der Waals surface area contributed by atoms with Gasteiger partial charge >= 0.3 is 0 Å². The number of hydrogen-bond acceptors (Lipinski definition) is 3. The van der Waals surface area contributed by atoms with Crippen LogP contribution >= 0.6 is 0 Å². The van der Waals surface area contributed by atoms with Gasteiger partial charge < -0.3 is 9.73 Å². The maximum Gasteiger partial charge on any atom is 0.296 e. The van der Waals surface area contributed by atoms with Gasteiger partial charge in [0.15, 0.2) is 5.58 Å². The summed E-state index contributed by atoms with van der Waals surface area (Å²) in [7, 11) is 0. The minimum absolute atomic E-state index is 0.161. The Hall–Kier alpha value is -2.29. The average Bonchev–Trinajstić information content (AvgIpc) is 2.81. The van der Waals surface area contributed by atoms with Crippen LogP contribution < -0.4 is 5.32 Å². The number of hydrogen-bond donors (Lipinski definition) is 1. The first-order valence-electron chi connectivity index (χ1n) is 6.41. The molecule has 1 heterocycles. The highest BCUT2D eigenvalue weighted by Crippen LogP contribution is 2.23. The van der Waals surface area contributed by atoms with Gasteiger partial charge in [0.1, 0.15) is 5.52 Å². The Morgan fingerprint density at radius 2 is 1.79 bits per heavy atom. The molecule has 3 aromatic rings. The summed E-state index contributed by atoms with van der Waals surface area (Å²) in [5.74, 6) is 0. The fourth-order valence-corrected chi connectivity index (χ4v) is 2.06. The Morgan fingerprint density at radius 3 is 2.53 bits per heavy atom. The Labute approximate surface area is 112 Å². The summed E-state index contributed by atoms with van der Waals surface area (Å²) in [6.07, 6.45) is 0. The molecule has 96 valence electrons. The van der Waals surface area contributed by atoms with Crippen LogP contribution in [0.5, 0.6) is 0 Å². The molecule has 0 aliphatic heterocycles. The minimum atomic E-state index is 0.161. The van der Waals surface area contributed by atoms with E-state index < -0.39 is 0 Å². The Balaban J connectivity index is 1.82. The van der Waals surface area contributed by atoms with E-state index in [2.05, 4.69) is 48.4 Å². The number of benzene rings is 2. The van der Waals surface area contributed by atoms with E-state index in [9.17, 15) is 0 Å². The summed E-state index contributed by atoms with van der Waals surface area (Å²) < 4.78 is 5.66. The second kappa shape index (κ2) is 4.76. The van der Waals surface area contributed by atoms with Gasteiger partial charge in [-0.1, -0.05) is 42.0 Å². The quantitative estimate of drug-likeness (QED) is 0.754. The fraction of sp³-hybridized carbons (Fsp3) is 0.188. The zero-order valence-corrected chi connectivity index (χ0v) is 11.1. The first-order chi connectivity index (χ1) is 9.22. The van der Waals surface area contributed by atoms with Gasteiger partial charge in [-0.05, 0) is 31.5 Å². The molecule has 2 aromatic carbocycles. The lowest BCUT2D eigenvalue weighted by molar-refractivity contribution is 0.604. The van der Waals surface area contributed by atoms with Crippen LogP contribution in [0.15, 0.2) is 52.9 Å². The molecule has 1 aromatic heterocycles. The third-order valence-electron chi connectivity index (χ3n) is 3.21. The zero-order chi connectivity index (χ0) is 13.2. The van der Waals surface area contributed by atoms with Gasteiger partial charge in [-0.25, -0.2) is 0 Å². The summed E-state index contributed by atoms with van der Waals surface area (Å²) >= 11 is 0. The Morgan fingerprint density at radius 1 is 1.05 bits per heavy atom. The molecule has 0 aliphatic carbocycles. The van der Waals surface area contributed by atoms with Crippen LogP contribution in [0.25, 0.3) is 11.1 Å². The van der Waals surface area contributed by atoms with Crippen molar-refractivity contribution in [3.63, 3.8) is 0 Å². The van der Waals surface area contributed by atoms with Crippen LogP contribution in [-0.4, -0.2) is 4.98 Å². The van der Waals surface area contributed by atoms with E-state index in [0.717, 1.165) is 11.1 Å². The van der Waals surface area contributed by atoms with Crippen LogP contribution in [0.1, 0.15) is 24.1 Å². The highest BCUT2D eigenvalue weighted by Gasteiger charge is 2.09. The predicted octanol–water partition coefficient (Wildman–Crippen LogP) is 4.31. The van der Waals surface area contributed by atoms with Gasteiger partial charge in [-0.15, -0.1) is 0 Å². The molecule has 3 heteroatoms. The molecule has 0 amide bonds. The topological polar surface area (TPSA) is 38.1 Å². The van der Waals surface area contributed by atoms with Crippen molar-refractivity contribution in [1.29, 1.82) is 0 Å². The van der Waals surface area contributed by atoms with Gasteiger partial charge in [0.2, 0.25) is 0 Å². The number of oxazole rings is 1. The molecular weight excluding hydrogens is 236 g/mol. The van der Waals surface area contributed by atoms with Crippen molar-refractivity contribution in [2.45, 2.75) is 19.9 Å². The third-order valence-corrected chi connectivity index (χ3v) is 3.21. The molecule has 0 saturated carbocycles. The molecule has 0 spiro atoms. The molecular formula is C16H16N2O. The summed E-state index contributed by atoms with van der Waals surface area (Å²) in [4.78, 5) is 4.42. The lowest BCUT2D eigenvalue weighted by Gasteiger charge is -2.12. The van der Waals surface area contributed by atoms with Gasteiger partial charge in [0, 0.05) is 0 Å². The SMILES string of the molecule is Cc1ccc(C(C)Nc2nc3ccccc3o2)cc1. The van der Waals surface area contributed by atoms with Gasteiger partial charge in [-0.3, -0.25) is 0 Å². The van der Waals surface area contributed by atoms with Crippen molar-refractivity contribution in [1.82, 2.24) is 4.98 Å². The van der Waals surface area contributed by atoms with E-state index in [4.69, 9.17) is 4.42 Å². The number of nitrogens with one attached hydrogen (secondary N) is 1. The number of para-hydroxylation sites is 2. The zero-order valence-electron chi connectivity index (χ0n) is 11.1. The van der Waals surface area contributed by atoms with Crippen molar-refractivity contribution in [3.8, 4) is 0 Å². The summed E-state index contributed by atoms with van der Waals surface area (Å²) in [5, 5.41) is 3.29. The molecule has 1 N–H and O–H groups in total. The number of rotatable bonds is 3. The maximum absolute atomic E-state index is 5.66. The summed E-state index contributed by atoms with van der Waals surface area (Å²) in [5.41, 5.74) is 4.16. The van der Waals surface area contributed by atoms with E-state index in [1.165, 1.54) is 11.1 Å². The van der Waals surface area contributed by atoms with Crippen molar-refractivity contribution in [2.75, 3.05) is 5.32 Å². The number of anilines is 1. The molecule has 0 radical (unpaired) electrons. The standard InChI is InChI=1S/C16H16N2O/c1-11-7-9-13(10-8-11)12(2)17-16-18-14-5-3-4-6-15(14)19-16/h3-10,12H,1-2H3,(H,17,18). The number of fused-ring (bicyclic) bond motifs is 1. The first-order valence-corrected chi connectivity index (χ1v) is 6.41. The number of nitrogens with zero attached hydrogens (tertiary/aromatic N) is 1. The average molecular weight is 252 g/mol. The first kappa shape index (κ1) is 11.8. The van der Waals surface area contributed by atoms with Crippen molar-refractivity contribution < 1.29 is 4.42 Å². The largest absolute Gasteiger partial charge is 0.424 e. The normalized spacial score (nSPS) is 12.5. The maximum atomic E-state index is 5.66. The molecule has 0 saturated heterocycles. The van der Waals surface area contributed by atoms with E-state index in [-0.39, 0.29) is 6.04 Å². The van der Waals surface area contributed by atoms with E-state index in [1.54, 1.807) is 0 Å². The van der Waals surface area contributed by atoms with Gasteiger partial charge in [-0.2, -0.15) is 4.98 Å². The van der Waals surface area contributed by atoms with Crippen molar-refractivity contribution in [2.24, 2.45) is 0 Å². The molecule has 1 atom stereocenters. The number of aromatic nitrogens is 1. The molecule has 0 bridgehead atoms. The summed E-state index contributed by atoms with van der Waals surface area (Å²) in [6.45, 7) is 4.18. The third kappa shape index (κ3) is 2.45. The molecule has 1 unspecified atom stereocenters. The van der Waals surface area contributed by atoms with Crippen molar-refractivity contribution in [3.05, 3.63) is 59.7 Å². The molecule has 0 fully saturated rings. The van der Waals surface area contributed by atoms with Gasteiger partial charge in [0.05, 0.1) is 6.04 Å².